The maximum Gasteiger partial charge on any atom is 0.264 e. The Morgan fingerprint density at radius 2 is 1.92 bits per heavy atom. The van der Waals surface area contributed by atoms with E-state index < -0.39 is 0 Å². The largest absolute Gasteiger partial charge is 0.504 e. The van der Waals surface area contributed by atoms with Crippen LogP contribution in [0.15, 0.2) is 46.3 Å². The number of phenols is 1. The van der Waals surface area contributed by atoms with Gasteiger partial charge in [-0.15, -0.1) is 0 Å². The molecule has 2 aromatic carbocycles. The number of carbonyl (C=O) groups excluding carboxylic acids is 1. The number of hydrogen-bond acceptors (Lipinski definition) is 5. The Kier molecular flexibility index (Phi) is 4.81. The van der Waals surface area contributed by atoms with Crippen molar-refractivity contribution >= 4 is 34.6 Å². The Morgan fingerprint density at radius 1 is 1.20 bits per heavy atom. The number of amidine groups is 1. The third-order valence-corrected chi connectivity index (χ3v) is 4.53. The number of phenolic OH excluding ortho intramolecular Hbond substituents is 1. The number of nitrogens with one attached hydrogen (secondary N) is 1. The summed E-state index contributed by atoms with van der Waals surface area (Å²) >= 11 is 1.24. The molecule has 0 aliphatic carbocycles. The van der Waals surface area contributed by atoms with Gasteiger partial charge in [0.05, 0.1) is 17.7 Å². The smallest absolute Gasteiger partial charge is 0.264 e. The average Bonchev–Trinajstić information content (AvgIpc) is 2.87. The predicted octanol–water partition coefficient (Wildman–Crippen LogP) is 3.91. The van der Waals surface area contributed by atoms with Crippen LogP contribution >= 0.6 is 11.8 Å². The molecule has 1 aliphatic heterocycles. The van der Waals surface area contributed by atoms with E-state index in [4.69, 9.17) is 4.74 Å². The number of para-hydroxylation sites is 1. The first kappa shape index (κ1) is 17.1. The molecule has 1 saturated heterocycles. The monoisotopic (exact) mass is 354 g/mol. The van der Waals surface area contributed by atoms with Gasteiger partial charge < -0.3 is 15.2 Å². The highest BCUT2D eigenvalue weighted by Crippen LogP contribution is 2.34. The molecule has 128 valence electrons. The van der Waals surface area contributed by atoms with E-state index in [1.807, 2.05) is 26.0 Å². The minimum absolute atomic E-state index is 0.00518. The molecule has 1 aliphatic rings. The Labute approximate surface area is 150 Å². The normalized spacial score (nSPS) is 17.2. The molecule has 6 heteroatoms. The molecule has 2 N–H and O–H groups in total. The fourth-order valence-corrected chi connectivity index (χ4v) is 3.41. The fraction of sp³-hybridized carbons (Fsp3) is 0.158. The lowest BCUT2D eigenvalue weighted by molar-refractivity contribution is -0.115. The van der Waals surface area contributed by atoms with E-state index in [0.29, 0.717) is 21.4 Å². The SMILES string of the molecule is COc1cccc(C=C2SC(=Nc3cc(C)cc(C)c3)NC2=O)c1O. The van der Waals surface area contributed by atoms with Crippen molar-refractivity contribution in [3.8, 4) is 11.5 Å². The quantitative estimate of drug-likeness (QED) is 0.820. The maximum absolute atomic E-state index is 12.2. The highest BCUT2D eigenvalue weighted by atomic mass is 32.2. The fourth-order valence-electron chi connectivity index (χ4n) is 2.57. The summed E-state index contributed by atoms with van der Waals surface area (Å²) in [4.78, 5) is 17.1. The van der Waals surface area contributed by atoms with Gasteiger partial charge in [-0.25, -0.2) is 4.99 Å². The first-order valence-corrected chi connectivity index (χ1v) is 8.52. The predicted molar refractivity (Wildman–Crippen MR) is 101 cm³/mol. The highest BCUT2D eigenvalue weighted by molar-refractivity contribution is 8.18. The molecule has 25 heavy (non-hydrogen) atoms. The Balaban J connectivity index is 1.89. The standard InChI is InChI=1S/C19H18N2O3S/c1-11-7-12(2)9-14(8-11)20-19-21-18(23)16(25-19)10-13-5-4-6-15(24-3)17(13)22/h4-10,22H,1-3H3,(H,20,21,23). The van der Waals surface area contributed by atoms with Crippen LogP contribution < -0.4 is 10.1 Å². The van der Waals surface area contributed by atoms with Gasteiger partial charge in [0.2, 0.25) is 0 Å². The van der Waals surface area contributed by atoms with Gasteiger partial charge in [-0.1, -0.05) is 18.2 Å². The molecule has 1 amide bonds. The summed E-state index contributed by atoms with van der Waals surface area (Å²) < 4.78 is 5.09. The molecule has 0 bridgehead atoms. The number of aromatic hydroxyl groups is 1. The first-order valence-electron chi connectivity index (χ1n) is 7.70. The molecule has 2 aromatic rings. The van der Waals surface area contributed by atoms with E-state index in [-0.39, 0.29) is 11.7 Å². The van der Waals surface area contributed by atoms with E-state index in [0.717, 1.165) is 16.8 Å². The van der Waals surface area contributed by atoms with Gasteiger partial charge in [0.25, 0.3) is 5.91 Å². The molecule has 1 heterocycles. The molecule has 0 aromatic heterocycles. The van der Waals surface area contributed by atoms with Crippen LogP contribution in [0.5, 0.6) is 11.5 Å². The van der Waals surface area contributed by atoms with E-state index in [1.165, 1.54) is 18.9 Å². The van der Waals surface area contributed by atoms with Crippen molar-refractivity contribution < 1.29 is 14.6 Å². The maximum atomic E-state index is 12.2. The first-order chi connectivity index (χ1) is 12.0. The van der Waals surface area contributed by atoms with Gasteiger partial charge in [-0.05, 0) is 61.0 Å². The molecule has 5 nitrogen and oxygen atoms in total. The number of hydrogen-bond donors (Lipinski definition) is 2. The van der Waals surface area contributed by atoms with Crippen LogP contribution in [0.1, 0.15) is 16.7 Å². The zero-order valence-electron chi connectivity index (χ0n) is 14.2. The second-order valence-corrected chi connectivity index (χ2v) is 6.76. The highest BCUT2D eigenvalue weighted by Gasteiger charge is 2.24. The minimum atomic E-state index is -0.240. The van der Waals surface area contributed by atoms with Crippen LogP contribution in [-0.2, 0) is 4.79 Å². The van der Waals surface area contributed by atoms with Crippen LogP contribution in [0, 0.1) is 13.8 Å². The molecule has 0 atom stereocenters. The Bertz CT molecular complexity index is 883. The Hall–Kier alpha value is -2.73. The van der Waals surface area contributed by atoms with Crippen molar-refractivity contribution in [1.29, 1.82) is 0 Å². The zero-order chi connectivity index (χ0) is 18.0. The van der Waals surface area contributed by atoms with Crippen molar-refractivity contribution in [2.24, 2.45) is 4.99 Å². The van der Waals surface area contributed by atoms with E-state index in [2.05, 4.69) is 16.4 Å². The number of thioether (sulfide) groups is 1. The van der Waals surface area contributed by atoms with Crippen LogP contribution in [0.2, 0.25) is 0 Å². The van der Waals surface area contributed by atoms with Crippen molar-refractivity contribution in [2.75, 3.05) is 7.11 Å². The van der Waals surface area contributed by atoms with Gasteiger partial charge >= 0.3 is 0 Å². The second-order valence-electron chi connectivity index (χ2n) is 5.73. The molecule has 0 saturated carbocycles. The molecule has 1 fully saturated rings. The number of methoxy groups -OCH3 is 1. The Morgan fingerprint density at radius 3 is 2.60 bits per heavy atom. The van der Waals surface area contributed by atoms with Crippen molar-refractivity contribution in [1.82, 2.24) is 5.32 Å². The molecule has 0 radical (unpaired) electrons. The zero-order valence-corrected chi connectivity index (χ0v) is 15.0. The number of nitrogens with zero attached hydrogens (tertiary/aromatic N) is 1. The topological polar surface area (TPSA) is 70.9 Å². The lowest BCUT2D eigenvalue weighted by atomic mass is 10.1. The third-order valence-electron chi connectivity index (χ3n) is 3.62. The minimum Gasteiger partial charge on any atom is -0.504 e. The van der Waals surface area contributed by atoms with Gasteiger partial charge in [0.1, 0.15) is 0 Å². The van der Waals surface area contributed by atoms with E-state index in [9.17, 15) is 9.90 Å². The summed E-state index contributed by atoms with van der Waals surface area (Å²) in [5, 5.41) is 13.4. The van der Waals surface area contributed by atoms with Gasteiger partial charge in [-0.3, -0.25) is 4.79 Å². The lowest BCUT2D eigenvalue weighted by Crippen LogP contribution is -2.19. The summed E-state index contributed by atoms with van der Waals surface area (Å²) in [7, 11) is 1.48. The van der Waals surface area contributed by atoms with E-state index in [1.54, 1.807) is 24.3 Å². The number of aryl methyl sites for hydroxylation is 2. The molecule has 0 spiro atoms. The summed E-state index contributed by atoms with van der Waals surface area (Å²) in [6.45, 7) is 4.02. The van der Waals surface area contributed by atoms with Crippen LogP contribution in [0.25, 0.3) is 6.08 Å². The van der Waals surface area contributed by atoms with Crippen molar-refractivity contribution in [2.45, 2.75) is 13.8 Å². The van der Waals surface area contributed by atoms with Crippen LogP contribution in [-0.4, -0.2) is 23.3 Å². The number of amides is 1. The summed E-state index contributed by atoms with van der Waals surface area (Å²) in [5.74, 6) is 0.128. The number of benzene rings is 2. The van der Waals surface area contributed by atoms with Crippen molar-refractivity contribution in [3.63, 3.8) is 0 Å². The number of aliphatic imine (C=N–C) groups is 1. The molecular formula is C19H18N2O3S. The number of rotatable bonds is 3. The summed E-state index contributed by atoms with van der Waals surface area (Å²) in [6.07, 6.45) is 1.63. The molecule has 3 rings (SSSR count). The lowest BCUT2D eigenvalue weighted by Gasteiger charge is -2.05. The molecule has 0 unspecified atom stereocenters. The number of carbonyl (C=O) groups is 1. The number of ether oxygens (including phenoxy) is 1. The average molecular weight is 354 g/mol. The summed E-state index contributed by atoms with van der Waals surface area (Å²) in [6, 6.07) is 11.1. The molecular weight excluding hydrogens is 336 g/mol. The van der Waals surface area contributed by atoms with E-state index >= 15 is 0 Å². The van der Waals surface area contributed by atoms with Gasteiger partial charge in [0, 0.05) is 5.56 Å². The second kappa shape index (κ2) is 7.03. The van der Waals surface area contributed by atoms with Crippen molar-refractivity contribution in [3.05, 3.63) is 58.0 Å². The third kappa shape index (κ3) is 3.85. The van der Waals surface area contributed by atoms with Gasteiger partial charge in [-0.2, -0.15) is 0 Å². The van der Waals surface area contributed by atoms with Gasteiger partial charge in [0.15, 0.2) is 16.7 Å². The summed E-state index contributed by atoms with van der Waals surface area (Å²) in [5.41, 5.74) is 3.55. The van der Waals surface area contributed by atoms with Crippen LogP contribution in [0.3, 0.4) is 0 Å². The van der Waals surface area contributed by atoms with Crippen LogP contribution in [0.4, 0.5) is 5.69 Å².